The summed E-state index contributed by atoms with van der Waals surface area (Å²) in [5, 5.41) is 27.4. The number of benzene rings is 1. The van der Waals surface area contributed by atoms with Gasteiger partial charge in [0.15, 0.2) is 5.82 Å². The zero-order valence-electron chi connectivity index (χ0n) is 17.7. The molecule has 11 nitrogen and oxygen atoms in total. The SMILES string of the molecule is N#Cc1ccc(-n2nc(-c3ccc[nH]c3=O)nc2C2CCC(N)CC2)cc1.O=CO.O=CO. The van der Waals surface area contributed by atoms with Crippen LogP contribution in [0.3, 0.4) is 0 Å². The predicted molar refractivity (Wildman–Crippen MR) is 119 cm³/mol. The lowest BCUT2D eigenvalue weighted by Gasteiger charge is -2.25. The van der Waals surface area contributed by atoms with Crippen LogP contribution in [0.2, 0.25) is 0 Å². The van der Waals surface area contributed by atoms with Crippen molar-refractivity contribution in [3.8, 4) is 23.1 Å². The molecule has 2 aromatic heterocycles. The molecule has 172 valence electrons. The summed E-state index contributed by atoms with van der Waals surface area (Å²) in [6.45, 7) is -0.500. The minimum absolute atomic E-state index is 0.216. The van der Waals surface area contributed by atoms with Crippen molar-refractivity contribution >= 4 is 12.9 Å². The maximum atomic E-state index is 12.2. The summed E-state index contributed by atoms with van der Waals surface area (Å²) < 4.78 is 1.80. The molecule has 0 atom stereocenters. The Labute approximate surface area is 189 Å². The van der Waals surface area contributed by atoms with Crippen LogP contribution >= 0.6 is 0 Å². The molecule has 1 fully saturated rings. The molecule has 1 aliphatic carbocycles. The predicted octanol–water partition coefficient (Wildman–Crippen LogP) is 1.88. The van der Waals surface area contributed by atoms with Crippen LogP contribution in [0.15, 0.2) is 47.4 Å². The first-order chi connectivity index (χ1) is 16.0. The standard InChI is InChI=1S/C20H20N6O.2CH2O2/c21-12-13-3-9-16(10-4-13)26-19(14-5-7-15(22)8-6-14)24-18(25-26)17-2-1-11-23-20(17)27;2*2-1-3/h1-4,9-11,14-15H,5-8,22H2,(H,23,27);2*1H,(H,2,3). The Morgan fingerprint density at radius 1 is 1.09 bits per heavy atom. The van der Waals surface area contributed by atoms with Crippen LogP contribution in [0.4, 0.5) is 0 Å². The van der Waals surface area contributed by atoms with Crippen LogP contribution in [0.25, 0.3) is 17.1 Å². The van der Waals surface area contributed by atoms with Gasteiger partial charge in [-0.15, -0.1) is 5.10 Å². The molecular formula is C22H24N6O5. The number of nitrogens with zero attached hydrogens (tertiary/aromatic N) is 4. The number of carbonyl (C=O) groups is 2. The highest BCUT2D eigenvalue weighted by Gasteiger charge is 2.26. The Hall–Kier alpha value is -4.30. The first kappa shape index (κ1) is 25.0. The van der Waals surface area contributed by atoms with E-state index in [0.717, 1.165) is 37.2 Å². The van der Waals surface area contributed by atoms with E-state index < -0.39 is 0 Å². The maximum Gasteiger partial charge on any atom is 0.290 e. The van der Waals surface area contributed by atoms with Crippen molar-refractivity contribution in [3.63, 3.8) is 0 Å². The molecule has 0 spiro atoms. The molecule has 0 bridgehead atoms. The number of H-pyrrole nitrogens is 1. The van der Waals surface area contributed by atoms with Crippen molar-refractivity contribution in [2.45, 2.75) is 37.6 Å². The zero-order chi connectivity index (χ0) is 24.2. The van der Waals surface area contributed by atoms with Gasteiger partial charge in [-0.2, -0.15) is 5.26 Å². The second-order valence-electron chi connectivity index (χ2n) is 7.10. The fraction of sp³-hybridized carbons (Fsp3) is 0.273. The molecule has 1 aromatic carbocycles. The quantitative estimate of drug-likeness (QED) is 0.430. The number of hydrogen-bond acceptors (Lipinski definition) is 7. The highest BCUT2D eigenvalue weighted by atomic mass is 16.3. The normalized spacial score (nSPS) is 16.7. The van der Waals surface area contributed by atoms with E-state index in [4.69, 9.17) is 35.8 Å². The molecule has 0 amide bonds. The lowest BCUT2D eigenvalue weighted by Crippen LogP contribution is -2.26. The summed E-state index contributed by atoms with van der Waals surface area (Å²) in [6, 6.07) is 13.1. The van der Waals surface area contributed by atoms with Crippen molar-refractivity contribution in [2.75, 3.05) is 0 Å². The number of carboxylic acid groups (broad SMARTS) is 2. The number of nitrogens with two attached hydrogens (primary N) is 1. The Morgan fingerprint density at radius 2 is 1.70 bits per heavy atom. The summed E-state index contributed by atoms with van der Waals surface area (Å²) in [5.74, 6) is 1.49. The topological polar surface area (TPSA) is 188 Å². The zero-order valence-corrected chi connectivity index (χ0v) is 17.7. The maximum absolute atomic E-state index is 12.2. The van der Waals surface area contributed by atoms with Gasteiger partial charge in [0, 0.05) is 18.2 Å². The van der Waals surface area contributed by atoms with Crippen LogP contribution in [-0.4, -0.2) is 48.9 Å². The van der Waals surface area contributed by atoms with Crippen molar-refractivity contribution in [3.05, 3.63) is 64.3 Å². The van der Waals surface area contributed by atoms with Crippen molar-refractivity contribution in [2.24, 2.45) is 5.73 Å². The molecule has 0 unspecified atom stereocenters. The molecule has 2 heterocycles. The number of nitriles is 1. The average Bonchev–Trinajstić information content (AvgIpc) is 3.26. The minimum atomic E-state index is -0.250. The number of hydrogen-bond donors (Lipinski definition) is 4. The van der Waals surface area contributed by atoms with E-state index in [1.807, 2.05) is 12.1 Å². The van der Waals surface area contributed by atoms with E-state index in [2.05, 4.69) is 16.2 Å². The molecule has 0 radical (unpaired) electrons. The third kappa shape index (κ3) is 6.59. The number of aromatic nitrogens is 4. The first-order valence-electron chi connectivity index (χ1n) is 10.1. The number of nitrogens with one attached hydrogen (secondary N) is 1. The van der Waals surface area contributed by atoms with E-state index in [1.54, 1.807) is 35.1 Å². The molecule has 1 saturated carbocycles. The van der Waals surface area contributed by atoms with Crippen molar-refractivity contribution < 1.29 is 19.8 Å². The molecule has 1 aliphatic rings. The molecule has 3 aromatic rings. The van der Waals surface area contributed by atoms with E-state index in [9.17, 15) is 4.79 Å². The van der Waals surface area contributed by atoms with Gasteiger partial charge in [-0.25, -0.2) is 9.67 Å². The Bertz CT molecular complexity index is 1140. The van der Waals surface area contributed by atoms with Crippen LogP contribution in [-0.2, 0) is 9.59 Å². The Balaban J connectivity index is 0.000000582. The van der Waals surface area contributed by atoms with Crippen LogP contribution < -0.4 is 11.3 Å². The third-order valence-corrected chi connectivity index (χ3v) is 5.07. The van der Waals surface area contributed by atoms with E-state index >= 15 is 0 Å². The highest BCUT2D eigenvalue weighted by molar-refractivity contribution is 5.53. The summed E-state index contributed by atoms with van der Waals surface area (Å²) in [7, 11) is 0. The van der Waals surface area contributed by atoms with Gasteiger partial charge in [-0.1, -0.05) is 0 Å². The van der Waals surface area contributed by atoms with Crippen molar-refractivity contribution in [1.29, 1.82) is 5.26 Å². The second kappa shape index (κ2) is 12.5. The Morgan fingerprint density at radius 3 is 2.24 bits per heavy atom. The van der Waals surface area contributed by atoms with Crippen molar-refractivity contribution in [1.82, 2.24) is 19.7 Å². The summed E-state index contributed by atoms with van der Waals surface area (Å²) >= 11 is 0. The number of aromatic amines is 1. The molecule has 33 heavy (non-hydrogen) atoms. The molecule has 4 rings (SSSR count). The fourth-order valence-electron chi connectivity index (χ4n) is 3.54. The second-order valence-corrected chi connectivity index (χ2v) is 7.10. The highest BCUT2D eigenvalue weighted by Crippen LogP contribution is 2.33. The fourth-order valence-corrected chi connectivity index (χ4v) is 3.54. The average molecular weight is 452 g/mol. The third-order valence-electron chi connectivity index (χ3n) is 5.07. The van der Waals surface area contributed by atoms with E-state index in [1.165, 1.54) is 0 Å². The van der Waals surface area contributed by atoms with Gasteiger partial charge in [-0.3, -0.25) is 14.4 Å². The van der Waals surface area contributed by atoms with E-state index in [0.29, 0.717) is 17.0 Å². The molecular weight excluding hydrogens is 428 g/mol. The molecule has 0 saturated heterocycles. The number of rotatable bonds is 3. The molecule has 11 heteroatoms. The van der Waals surface area contributed by atoms with Gasteiger partial charge in [-0.05, 0) is 62.1 Å². The monoisotopic (exact) mass is 452 g/mol. The van der Waals surface area contributed by atoms with Crippen LogP contribution in [0.1, 0.15) is 43.0 Å². The van der Waals surface area contributed by atoms with Gasteiger partial charge in [0.1, 0.15) is 5.82 Å². The molecule has 0 aliphatic heterocycles. The smallest absolute Gasteiger partial charge is 0.290 e. The summed E-state index contributed by atoms with van der Waals surface area (Å²) in [4.78, 5) is 36.3. The van der Waals surface area contributed by atoms with Gasteiger partial charge in [0.25, 0.3) is 18.5 Å². The van der Waals surface area contributed by atoms with Gasteiger partial charge in [0.2, 0.25) is 0 Å². The number of pyridine rings is 1. The van der Waals surface area contributed by atoms with Gasteiger partial charge >= 0.3 is 0 Å². The van der Waals surface area contributed by atoms with E-state index in [-0.39, 0.29) is 30.5 Å². The van der Waals surface area contributed by atoms with Crippen LogP contribution in [0.5, 0.6) is 0 Å². The van der Waals surface area contributed by atoms with Gasteiger partial charge in [0.05, 0.1) is 22.9 Å². The first-order valence-corrected chi connectivity index (χ1v) is 10.1. The lowest BCUT2D eigenvalue weighted by molar-refractivity contribution is -0.123. The van der Waals surface area contributed by atoms with Crippen LogP contribution in [0, 0.1) is 11.3 Å². The summed E-state index contributed by atoms with van der Waals surface area (Å²) in [5.41, 5.74) is 7.69. The Kier molecular flexibility index (Phi) is 9.48. The minimum Gasteiger partial charge on any atom is -0.483 e. The van der Waals surface area contributed by atoms with Gasteiger partial charge < -0.3 is 20.9 Å². The summed E-state index contributed by atoms with van der Waals surface area (Å²) in [6.07, 6.45) is 5.38. The lowest BCUT2D eigenvalue weighted by atomic mass is 9.86. The molecule has 5 N–H and O–H groups in total. The largest absolute Gasteiger partial charge is 0.483 e.